The Morgan fingerprint density at radius 3 is 2.25 bits per heavy atom. The molecule has 1 fully saturated rings. The molecule has 0 unspecified atom stereocenters. The predicted molar refractivity (Wildman–Crippen MR) is 66.9 cm³/mol. The Labute approximate surface area is 97.8 Å². The van der Waals surface area contributed by atoms with Crippen LogP contribution in [0.4, 0.5) is 5.82 Å². The van der Waals surface area contributed by atoms with Crippen molar-refractivity contribution in [1.29, 1.82) is 0 Å². The molecule has 0 aromatic carbocycles. The molecule has 1 aromatic heterocycles. The zero-order valence-corrected chi connectivity index (χ0v) is 10.8. The molecular weight excluding hydrogens is 200 g/mol. The minimum absolute atomic E-state index is 0.660. The van der Waals surface area contributed by atoms with Gasteiger partial charge in [0.05, 0.1) is 0 Å². The number of rotatable bonds is 2. The van der Waals surface area contributed by atoms with Crippen LogP contribution in [-0.4, -0.2) is 46.9 Å². The first-order valence-electron chi connectivity index (χ1n) is 6.07. The number of hydrogen-bond donors (Lipinski definition) is 0. The lowest BCUT2D eigenvalue weighted by Crippen LogP contribution is -2.49. The fourth-order valence-electron chi connectivity index (χ4n) is 2.16. The summed E-state index contributed by atoms with van der Waals surface area (Å²) in [5.41, 5.74) is 1.22. The molecule has 0 N–H and O–H groups in total. The monoisotopic (exact) mass is 222 g/mol. The van der Waals surface area contributed by atoms with Crippen LogP contribution in [0.25, 0.3) is 0 Å². The maximum absolute atomic E-state index is 4.53. The molecule has 0 aliphatic carbocycles. The van der Waals surface area contributed by atoms with Crippen molar-refractivity contribution in [1.82, 2.24) is 14.7 Å². The molecule has 0 bridgehead atoms. The lowest BCUT2D eigenvalue weighted by Gasteiger charge is -2.36. The molecule has 2 rings (SSSR count). The molecule has 90 valence electrons. The normalized spacial score (nSPS) is 18.4. The van der Waals surface area contributed by atoms with Gasteiger partial charge in [-0.2, -0.15) is 5.10 Å². The fraction of sp³-hybridized carbons (Fsp3) is 0.750. The minimum atomic E-state index is 0.660. The zero-order chi connectivity index (χ0) is 11.7. The van der Waals surface area contributed by atoms with Gasteiger partial charge >= 0.3 is 0 Å². The average Bonchev–Trinajstić information content (AvgIpc) is 2.59. The van der Waals surface area contributed by atoms with Crippen LogP contribution in [0, 0.1) is 6.92 Å². The molecule has 0 atom stereocenters. The number of aromatic nitrogens is 2. The maximum Gasteiger partial charge on any atom is 0.150 e. The van der Waals surface area contributed by atoms with Gasteiger partial charge in [-0.15, -0.1) is 0 Å². The van der Waals surface area contributed by atoms with E-state index in [0.717, 1.165) is 32.0 Å². The molecule has 4 heteroatoms. The molecule has 2 heterocycles. The average molecular weight is 222 g/mol. The predicted octanol–water partition coefficient (Wildman–Crippen LogP) is 1.26. The molecule has 0 amide bonds. The Morgan fingerprint density at radius 1 is 1.19 bits per heavy atom. The van der Waals surface area contributed by atoms with Gasteiger partial charge in [-0.05, 0) is 20.8 Å². The molecule has 16 heavy (non-hydrogen) atoms. The Morgan fingerprint density at radius 2 is 1.81 bits per heavy atom. The van der Waals surface area contributed by atoms with Crippen molar-refractivity contribution in [2.75, 3.05) is 31.1 Å². The second-order valence-electron chi connectivity index (χ2n) is 4.88. The highest BCUT2D eigenvalue weighted by Crippen LogP contribution is 2.16. The first-order chi connectivity index (χ1) is 7.58. The lowest BCUT2D eigenvalue weighted by atomic mass is 10.2. The zero-order valence-electron chi connectivity index (χ0n) is 10.8. The SMILES string of the molecule is Cc1cc(N2CCN(C(C)C)CC2)nn1C. The van der Waals surface area contributed by atoms with Gasteiger partial charge in [-0.3, -0.25) is 9.58 Å². The third kappa shape index (κ3) is 2.21. The van der Waals surface area contributed by atoms with Gasteiger partial charge in [-0.25, -0.2) is 0 Å². The van der Waals surface area contributed by atoms with Gasteiger partial charge in [-0.1, -0.05) is 0 Å². The molecule has 1 aliphatic heterocycles. The fourth-order valence-corrected chi connectivity index (χ4v) is 2.16. The van der Waals surface area contributed by atoms with Gasteiger partial charge < -0.3 is 4.90 Å². The number of anilines is 1. The second-order valence-corrected chi connectivity index (χ2v) is 4.88. The molecule has 4 nitrogen and oxygen atoms in total. The number of hydrogen-bond acceptors (Lipinski definition) is 3. The Bertz CT molecular complexity index is 328. The minimum Gasteiger partial charge on any atom is -0.353 e. The van der Waals surface area contributed by atoms with E-state index in [2.05, 4.69) is 41.7 Å². The molecule has 1 aromatic rings. The Balaban J connectivity index is 1.99. The number of piperazine rings is 1. The van der Waals surface area contributed by atoms with E-state index >= 15 is 0 Å². The van der Waals surface area contributed by atoms with Crippen LogP contribution >= 0.6 is 0 Å². The van der Waals surface area contributed by atoms with Crippen LogP contribution in [0.1, 0.15) is 19.5 Å². The first-order valence-corrected chi connectivity index (χ1v) is 6.07. The highest BCUT2D eigenvalue weighted by molar-refractivity contribution is 5.40. The summed E-state index contributed by atoms with van der Waals surface area (Å²) < 4.78 is 1.95. The van der Waals surface area contributed by atoms with Crippen LogP contribution in [0.15, 0.2) is 6.07 Å². The van der Waals surface area contributed by atoms with Crippen LogP contribution in [0.5, 0.6) is 0 Å². The number of nitrogens with zero attached hydrogens (tertiary/aromatic N) is 4. The lowest BCUT2D eigenvalue weighted by molar-refractivity contribution is 0.209. The molecule has 0 saturated carbocycles. The van der Waals surface area contributed by atoms with E-state index in [1.54, 1.807) is 0 Å². The van der Waals surface area contributed by atoms with Gasteiger partial charge in [0.1, 0.15) is 0 Å². The molecule has 0 spiro atoms. The van der Waals surface area contributed by atoms with E-state index in [-0.39, 0.29) is 0 Å². The standard InChI is InChI=1S/C12H22N4/c1-10(2)15-5-7-16(8-6-15)12-9-11(3)14(4)13-12/h9-10H,5-8H2,1-4H3. The number of aryl methyl sites for hydroxylation is 2. The Kier molecular flexibility index (Phi) is 3.19. The van der Waals surface area contributed by atoms with Crippen molar-refractivity contribution in [2.45, 2.75) is 26.8 Å². The third-order valence-corrected chi connectivity index (χ3v) is 3.47. The van der Waals surface area contributed by atoms with Crippen molar-refractivity contribution in [3.63, 3.8) is 0 Å². The van der Waals surface area contributed by atoms with Crippen LogP contribution in [-0.2, 0) is 7.05 Å². The van der Waals surface area contributed by atoms with Gasteiger partial charge in [0.2, 0.25) is 0 Å². The molecule has 1 aliphatic rings. The Hall–Kier alpha value is -1.03. The van der Waals surface area contributed by atoms with Gasteiger partial charge in [0.25, 0.3) is 0 Å². The maximum atomic E-state index is 4.53. The van der Waals surface area contributed by atoms with Crippen molar-refractivity contribution in [3.05, 3.63) is 11.8 Å². The first kappa shape index (κ1) is 11.5. The van der Waals surface area contributed by atoms with Crippen LogP contribution in [0.2, 0.25) is 0 Å². The van der Waals surface area contributed by atoms with E-state index in [0.29, 0.717) is 6.04 Å². The highest BCUT2D eigenvalue weighted by Gasteiger charge is 2.20. The summed E-state index contributed by atoms with van der Waals surface area (Å²) in [5, 5.41) is 4.53. The topological polar surface area (TPSA) is 24.3 Å². The van der Waals surface area contributed by atoms with Gasteiger partial charge in [0.15, 0.2) is 5.82 Å². The second kappa shape index (κ2) is 4.45. The molecule has 0 radical (unpaired) electrons. The molecule has 1 saturated heterocycles. The van der Waals surface area contributed by atoms with E-state index in [9.17, 15) is 0 Å². The quantitative estimate of drug-likeness (QED) is 0.753. The summed E-state index contributed by atoms with van der Waals surface area (Å²) in [5.74, 6) is 1.13. The summed E-state index contributed by atoms with van der Waals surface area (Å²) >= 11 is 0. The summed E-state index contributed by atoms with van der Waals surface area (Å²) in [7, 11) is 2.00. The smallest absolute Gasteiger partial charge is 0.150 e. The van der Waals surface area contributed by atoms with Crippen molar-refractivity contribution < 1.29 is 0 Å². The van der Waals surface area contributed by atoms with E-state index in [1.165, 1.54) is 5.69 Å². The van der Waals surface area contributed by atoms with Crippen molar-refractivity contribution >= 4 is 5.82 Å². The molecular formula is C12H22N4. The van der Waals surface area contributed by atoms with Gasteiger partial charge in [0, 0.05) is 51.0 Å². The summed E-state index contributed by atoms with van der Waals surface area (Å²) in [4.78, 5) is 4.90. The van der Waals surface area contributed by atoms with Crippen LogP contribution in [0.3, 0.4) is 0 Å². The largest absolute Gasteiger partial charge is 0.353 e. The van der Waals surface area contributed by atoms with E-state index < -0.39 is 0 Å². The van der Waals surface area contributed by atoms with E-state index in [1.807, 2.05) is 11.7 Å². The summed E-state index contributed by atoms with van der Waals surface area (Å²) in [6, 6.07) is 2.83. The summed E-state index contributed by atoms with van der Waals surface area (Å²) in [6.07, 6.45) is 0. The highest BCUT2D eigenvalue weighted by atomic mass is 15.4. The van der Waals surface area contributed by atoms with Crippen LogP contribution < -0.4 is 4.90 Å². The third-order valence-electron chi connectivity index (χ3n) is 3.47. The van der Waals surface area contributed by atoms with Crippen molar-refractivity contribution in [2.24, 2.45) is 7.05 Å². The summed E-state index contributed by atoms with van der Waals surface area (Å²) in [6.45, 7) is 11.1. The van der Waals surface area contributed by atoms with E-state index in [4.69, 9.17) is 0 Å². The van der Waals surface area contributed by atoms with Crippen molar-refractivity contribution in [3.8, 4) is 0 Å².